The van der Waals surface area contributed by atoms with Crippen LogP contribution in [0.25, 0.3) is 0 Å². The first-order chi connectivity index (χ1) is 9.34. The highest BCUT2D eigenvalue weighted by Crippen LogP contribution is 2.26. The van der Waals surface area contributed by atoms with Gasteiger partial charge in [0.2, 0.25) is 0 Å². The standard InChI is InChI=1S/C12H15FN6/c13-10-3-1-2-9(8-10)11(12-15-17-18-16-12)19-6-4-14-5-7-19/h1-3,8,11,14H,4-7H2,(H,15,16,17,18). The molecule has 1 aromatic carbocycles. The van der Waals surface area contributed by atoms with Gasteiger partial charge in [0, 0.05) is 26.2 Å². The summed E-state index contributed by atoms with van der Waals surface area (Å²) in [5.41, 5.74) is 0.850. The molecule has 19 heavy (non-hydrogen) atoms. The van der Waals surface area contributed by atoms with Crippen molar-refractivity contribution in [2.45, 2.75) is 6.04 Å². The molecule has 0 amide bonds. The summed E-state index contributed by atoms with van der Waals surface area (Å²) in [5, 5.41) is 17.5. The normalized spacial score (nSPS) is 18.4. The van der Waals surface area contributed by atoms with Crippen molar-refractivity contribution in [3.8, 4) is 0 Å². The van der Waals surface area contributed by atoms with Gasteiger partial charge in [0.25, 0.3) is 0 Å². The third kappa shape index (κ3) is 2.61. The molecule has 0 radical (unpaired) electrons. The minimum absolute atomic E-state index is 0.156. The van der Waals surface area contributed by atoms with Crippen molar-refractivity contribution in [3.05, 3.63) is 41.5 Å². The number of nitrogens with one attached hydrogen (secondary N) is 2. The molecule has 1 aliphatic rings. The fourth-order valence-corrected chi connectivity index (χ4v) is 2.43. The Morgan fingerprint density at radius 3 is 2.79 bits per heavy atom. The van der Waals surface area contributed by atoms with Gasteiger partial charge in [-0.25, -0.2) is 4.39 Å². The second-order valence-corrected chi connectivity index (χ2v) is 4.51. The van der Waals surface area contributed by atoms with Crippen LogP contribution in [0.2, 0.25) is 0 Å². The summed E-state index contributed by atoms with van der Waals surface area (Å²) >= 11 is 0. The van der Waals surface area contributed by atoms with Crippen LogP contribution >= 0.6 is 0 Å². The summed E-state index contributed by atoms with van der Waals surface area (Å²) in [6.45, 7) is 3.55. The van der Waals surface area contributed by atoms with Crippen LogP contribution in [0.1, 0.15) is 17.4 Å². The summed E-state index contributed by atoms with van der Waals surface area (Å²) in [7, 11) is 0. The molecule has 100 valence electrons. The largest absolute Gasteiger partial charge is 0.314 e. The van der Waals surface area contributed by atoms with E-state index in [4.69, 9.17) is 0 Å². The van der Waals surface area contributed by atoms with E-state index < -0.39 is 0 Å². The fourth-order valence-electron chi connectivity index (χ4n) is 2.43. The third-order valence-electron chi connectivity index (χ3n) is 3.29. The Morgan fingerprint density at radius 2 is 2.11 bits per heavy atom. The number of benzene rings is 1. The molecular formula is C12H15FN6. The van der Waals surface area contributed by atoms with Gasteiger partial charge >= 0.3 is 0 Å². The predicted molar refractivity (Wildman–Crippen MR) is 66.9 cm³/mol. The molecule has 1 saturated heterocycles. The maximum atomic E-state index is 13.4. The van der Waals surface area contributed by atoms with E-state index in [2.05, 4.69) is 30.8 Å². The zero-order valence-corrected chi connectivity index (χ0v) is 10.4. The molecule has 2 N–H and O–H groups in total. The second kappa shape index (κ2) is 5.41. The van der Waals surface area contributed by atoms with Crippen molar-refractivity contribution in [3.63, 3.8) is 0 Å². The van der Waals surface area contributed by atoms with Crippen molar-refractivity contribution in [1.82, 2.24) is 30.8 Å². The summed E-state index contributed by atoms with van der Waals surface area (Å²) in [6.07, 6.45) is 0. The van der Waals surface area contributed by atoms with Crippen LogP contribution in [-0.4, -0.2) is 51.7 Å². The Bertz CT molecular complexity index is 523. The van der Waals surface area contributed by atoms with E-state index in [0.717, 1.165) is 31.7 Å². The highest BCUT2D eigenvalue weighted by Gasteiger charge is 2.27. The number of aromatic amines is 1. The lowest BCUT2D eigenvalue weighted by Gasteiger charge is -2.33. The average molecular weight is 262 g/mol. The number of aromatic nitrogens is 4. The first-order valence-corrected chi connectivity index (χ1v) is 6.28. The molecule has 1 aliphatic heterocycles. The Morgan fingerprint density at radius 1 is 1.26 bits per heavy atom. The van der Waals surface area contributed by atoms with E-state index in [9.17, 15) is 4.39 Å². The summed E-state index contributed by atoms with van der Waals surface area (Å²) in [5.74, 6) is 0.327. The van der Waals surface area contributed by atoms with Gasteiger partial charge in [0.1, 0.15) is 5.82 Å². The maximum Gasteiger partial charge on any atom is 0.196 e. The summed E-state index contributed by atoms with van der Waals surface area (Å²) < 4.78 is 13.4. The molecule has 6 nitrogen and oxygen atoms in total. The molecule has 2 heterocycles. The molecular weight excluding hydrogens is 247 g/mol. The minimum atomic E-state index is -0.249. The lowest BCUT2D eigenvalue weighted by molar-refractivity contribution is 0.192. The molecule has 0 bridgehead atoms. The zero-order valence-electron chi connectivity index (χ0n) is 10.4. The van der Waals surface area contributed by atoms with Crippen LogP contribution in [-0.2, 0) is 0 Å². The fraction of sp³-hybridized carbons (Fsp3) is 0.417. The van der Waals surface area contributed by atoms with Gasteiger partial charge in [-0.05, 0) is 17.7 Å². The SMILES string of the molecule is Fc1cccc(C(c2nn[nH]n2)N2CCNCC2)c1. The molecule has 0 saturated carbocycles. The lowest BCUT2D eigenvalue weighted by atomic mass is 10.0. The average Bonchev–Trinajstić information content (AvgIpc) is 2.94. The zero-order chi connectivity index (χ0) is 13.1. The number of hydrogen-bond donors (Lipinski definition) is 2. The van der Waals surface area contributed by atoms with Gasteiger partial charge in [-0.3, -0.25) is 4.90 Å². The number of hydrogen-bond acceptors (Lipinski definition) is 5. The van der Waals surface area contributed by atoms with Crippen LogP contribution < -0.4 is 5.32 Å². The predicted octanol–water partition coefficient (Wildman–Crippen LogP) is 0.333. The van der Waals surface area contributed by atoms with E-state index in [1.54, 1.807) is 6.07 Å². The Balaban J connectivity index is 1.96. The Kier molecular flexibility index (Phi) is 3.47. The van der Waals surface area contributed by atoms with Gasteiger partial charge in [-0.2, -0.15) is 5.21 Å². The van der Waals surface area contributed by atoms with E-state index in [-0.39, 0.29) is 11.9 Å². The van der Waals surface area contributed by atoms with Gasteiger partial charge < -0.3 is 5.32 Å². The van der Waals surface area contributed by atoms with Crippen molar-refractivity contribution < 1.29 is 4.39 Å². The van der Waals surface area contributed by atoms with E-state index in [1.165, 1.54) is 12.1 Å². The Labute approximate surface area is 110 Å². The number of piperazine rings is 1. The third-order valence-corrected chi connectivity index (χ3v) is 3.29. The number of tetrazole rings is 1. The highest BCUT2D eigenvalue weighted by atomic mass is 19.1. The Hall–Kier alpha value is -1.86. The monoisotopic (exact) mass is 262 g/mol. The molecule has 1 fully saturated rings. The number of rotatable bonds is 3. The summed E-state index contributed by atoms with van der Waals surface area (Å²) in [4.78, 5) is 2.23. The molecule has 0 spiro atoms. The van der Waals surface area contributed by atoms with Crippen LogP contribution in [0.4, 0.5) is 4.39 Å². The van der Waals surface area contributed by atoms with Crippen LogP contribution in [0, 0.1) is 5.82 Å². The molecule has 1 aromatic heterocycles. The number of nitrogens with zero attached hydrogens (tertiary/aromatic N) is 4. The van der Waals surface area contributed by atoms with Crippen LogP contribution in [0.3, 0.4) is 0 Å². The summed E-state index contributed by atoms with van der Waals surface area (Å²) in [6, 6.07) is 6.42. The molecule has 2 aromatic rings. The maximum absolute atomic E-state index is 13.4. The quantitative estimate of drug-likeness (QED) is 0.834. The molecule has 1 unspecified atom stereocenters. The van der Waals surface area contributed by atoms with E-state index >= 15 is 0 Å². The topological polar surface area (TPSA) is 69.7 Å². The first-order valence-electron chi connectivity index (χ1n) is 6.28. The molecule has 7 heteroatoms. The van der Waals surface area contributed by atoms with Crippen molar-refractivity contribution >= 4 is 0 Å². The highest BCUT2D eigenvalue weighted by molar-refractivity contribution is 5.25. The van der Waals surface area contributed by atoms with Crippen molar-refractivity contribution in [2.24, 2.45) is 0 Å². The van der Waals surface area contributed by atoms with Gasteiger partial charge in [0.05, 0.1) is 6.04 Å². The molecule has 0 aliphatic carbocycles. The van der Waals surface area contributed by atoms with Crippen LogP contribution in [0.15, 0.2) is 24.3 Å². The lowest BCUT2D eigenvalue weighted by Crippen LogP contribution is -2.45. The van der Waals surface area contributed by atoms with Crippen molar-refractivity contribution in [2.75, 3.05) is 26.2 Å². The molecule has 3 rings (SSSR count). The minimum Gasteiger partial charge on any atom is -0.314 e. The number of halogens is 1. The van der Waals surface area contributed by atoms with E-state index in [1.807, 2.05) is 6.07 Å². The molecule has 1 atom stereocenters. The smallest absolute Gasteiger partial charge is 0.196 e. The first kappa shape index (κ1) is 12.2. The second-order valence-electron chi connectivity index (χ2n) is 4.51. The van der Waals surface area contributed by atoms with E-state index in [0.29, 0.717) is 5.82 Å². The van der Waals surface area contributed by atoms with Gasteiger partial charge in [-0.15, -0.1) is 10.2 Å². The van der Waals surface area contributed by atoms with Gasteiger partial charge in [-0.1, -0.05) is 17.3 Å². The van der Waals surface area contributed by atoms with Crippen molar-refractivity contribution in [1.29, 1.82) is 0 Å². The van der Waals surface area contributed by atoms with Crippen LogP contribution in [0.5, 0.6) is 0 Å². The number of H-pyrrole nitrogens is 1. The van der Waals surface area contributed by atoms with Gasteiger partial charge in [0.15, 0.2) is 5.82 Å².